The van der Waals surface area contributed by atoms with Gasteiger partial charge in [-0.2, -0.15) is 0 Å². The van der Waals surface area contributed by atoms with Crippen LogP contribution in [0.3, 0.4) is 0 Å². The average molecular weight is 159 g/mol. The number of hydrogen-bond acceptors (Lipinski definition) is 3. The van der Waals surface area contributed by atoms with Crippen molar-refractivity contribution >= 4 is 5.97 Å². The van der Waals surface area contributed by atoms with E-state index in [2.05, 4.69) is 0 Å². The molecule has 11 heavy (non-hydrogen) atoms. The fourth-order valence-corrected chi connectivity index (χ4v) is 0.761. The highest BCUT2D eigenvalue weighted by molar-refractivity contribution is 5.64. The van der Waals surface area contributed by atoms with Crippen molar-refractivity contribution < 1.29 is 14.6 Å². The second-order valence-corrected chi connectivity index (χ2v) is 3.19. The zero-order valence-corrected chi connectivity index (χ0v) is 7.35. The van der Waals surface area contributed by atoms with Crippen LogP contribution in [0.25, 0.3) is 0 Å². The molecule has 0 aromatic rings. The highest BCUT2D eigenvalue weighted by atomic mass is 16.5. The van der Waals surface area contributed by atoms with Crippen molar-refractivity contribution in [3.8, 4) is 0 Å². The predicted molar refractivity (Wildman–Crippen MR) is 39.9 cm³/mol. The minimum Gasteiger partial charge on any atom is -0.550 e. The van der Waals surface area contributed by atoms with Crippen LogP contribution in [-0.2, 0) is 9.53 Å². The Kier molecular flexibility index (Phi) is 4.11. The summed E-state index contributed by atoms with van der Waals surface area (Å²) in [7, 11) is 1.62. The van der Waals surface area contributed by atoms with Crippen molar-refractivity contribution in [2.24, 2.45) is 0 Å². The maximum absolute atomic E-state index is 10.0. The van der Waals surface area contributed by atoms with Crippen LogP contribution in [0.1, 0.15) is 33.1 Å². The first-order chi connectivity index (χ1) is 4.98. The highest BCUT2D eigenvalue weighted by Crippen LogP contribution is 2.15. The second kappa shape index (κ2) is 4.34. The van der Waals surface area contributed by atoms with Gasteiger partial charge in [0.2, 0.25) is 0 Å². The van der Waals surface area contributed by atoms with Gasteiger partial charge in [0.25, 0.3) is 0 Å². The Bertz CT molecular complexity index is 129. The van der Waals surface area contributed by atoms with Crippen LogP contribution < -0.4 is 5.11 Å². The maximum atomic E-state index is 10.0. The smallest absolute Gasteiger partial charge is 0.0622 e. The van der Waals surface area contributed by atoms with Crippen molar-refractivity contribution in [2.75, 3.05) is 7.11 Å². The van der Waals surface area contributed by atoms with Crippen LogP contribution in [0.2, 0.25) is 0 Å². The van der Waals surface area contributed by atoms with Crippen LogP contribution in [0, 0.1) is 0 Å². The van der Waals surface area contributed by atoms with Gasteiger partial charge in [-0.15, -0.1) is 0 Å². The summed E-state index contributed by atoms with van der Waals surface area (Å²) in [5.41, 5.74) is -0.213. The normalized spacial score (nSPS) is 11.5. The number of carboxylic acids is 1. The molecule has 0 fully saturated rings. The largest absolute Gasteiger partial charge is 0.550 e. The van der Waals surface area contributed by atoms with E-state index in [9.17, 15) is 9.90 Å². The lowest BCUT2D eigenvalue weighted by atomic mass is 10.0. The molecule has 0 saturated carbocycles. The van der Waals surface area contributed by atoms with E-state index in [1.165, 1.54) is 0 Å². The molecular weight excluding hydrogens is 144 g/mol. The first kappa shape index (κ1) is 10.4. The van der Waals surface area contributed by atoms with Crippen molar-refractivity contribution in [3.05, 3.63) is 0 Å². The standard InChI is InChI=1S/C8H16O3/c1-8(2,11-3)6-4-5-7(9)10/h4-6H2,1-3H3,(H,9,10)/p-1. The zero-order valence-electron chi connectivity index (χ0n) is 7.35. The number of rotatable bonds is 5. The van der Waals surface area contributed by atoms with Gasteiger partial charge in [-0.3, -0.25) is 0 Å². The minimum absolute atomic E-state index is 0.118. The average Bonchev–Trinajstić information content (AvgIpc) is 1.87. The Morgan fingerprint density at radius 2 is 2.09 bits per heavy atom. The van der Waals surface area contributed by atoms with Crippen LogP contribution in [0.15, 0.2) is 0 Å². The third kappa shape index (κ3) is 5.85. The number of aliphatic carboxylic acids is 1. The van der Waals surface area contributed by atoms with Crippen molar-refractivity contribution in [3.63, 3.8) is 0 Å². The Hall–Kier alpha value is -0.570. The monoisotopic (exact) mass is 159 g/mol. The van der Waals surface area contributed by atoms with Gasteiger partial charge in [0.05, 0.1) is 5.60 Å². The van der Waals surface area contributed by atoms with E-state index in [1.54, 1.807) is 7.11 Å². The topological polar surface area (TPSA) is 49.4 Å². The summed E-state index contributed by atoms with van der Waals surface area (Å²) in [4.78, 5) is 10.0. The van der Waals surface area contributed by atoms with E-state index >= 15 is 0 Å². The van der Waals surface area contributed by atoms with Crippen LogP contribution in [-0.4, -0.2) is 18.7 Å². The van der Waals surface area contributed by atoms with E-state index in [0.717, 1.165) is 6.42 Å². The van der Waals surface area contributed by atoms with E-state index in [4.69, 9.17) is 4.74 Å². The maximum Gasteiger partial charge on any atom is 0.0622 e. The van der Waals surface area contributed by atoms with E-state index in [1.807, 2.05) is 13.8 Å². The van der Waals surface area contributed by atoms with Crippen molar-refractivity contribution in [2.45, 2.75) is 38.7 Å². The lowest BCUT2D eigenvalue weighted by molar-refractivity contribution is -0.305. The number of ether oxygens (including phenoxy) is 1. The Morgan fingerprint density at radius 3 is 2.45 bits per heavy atom. The molecule has 0 unspecified atom stereocenters. The molecule has 66 valence electrons. The molecule has 0 amide bonds. The van der Waals surface area contributed by atoms with Crippen molar-refractivity contribution in [1.82, 2.24) is 0 Å². The zero-order chi connectivity index (χ0) is 8.91. The fourth-order valence-electron chi connectivity index (χ4n) is 0.761. The Morgan fingerprint density at radius 1 is 1.55 bits per heavy atom. The molecule has 0 bridgehead atoms. The lowest BCUT2D eigenvalue weighted by Gasteiger charge is -2.22. The molecule has 0 saturated heterocycles. The number of methoxy groups -OCH3 is 1. The van der Waals surface area contributed by atoms with Crippen LogP contribution in [0.4, 0.5) is 0 Å². The molecule has 3 heteroatoms. The quantitative estimate of drug-likeness (QED) is 0.581. The number of carbonyl (C=O) groups excluding carboxylic acids is 1. The van der Waals surface area contributed by atoms with Crippen molar-refractivity contribution in [1.29, 1.82) is 0 Å². The van der Waals surface area contributed by atoms with Gasteiger partial charge < -0.3 is 14.6 Å². The van der Waals surface area contributed by atoms with Gasteiger partial charge in [-0.25, -0.2) is 0 Å². The number of carbonyl (C=O) groups is 1. The summed E-state index contributed by atoms with van der Waals surface area (Å²) >= 11 is 0. The summed E-state index contributed by atoms with van der Waals surface area (Å²) in [5, 5.41) is 10.0. The van der Waals surface area contributed by atoms with Crippen LogP contribution in [0.5, 0.6) is 0 Å². The molecule has 0 aromatic heterocycles. The first-order valence-electron chi connectivity index (χ1n) is 3.73. The summed E-state index contributed by atoms with van der Waals surface area (Å²) in [5.74, 6) is -0.989. The van der Waals surface area contributed by atoms with Gasteiger partial charge in [0.1, 0.15) is 0 Å². The summed E-state index contributed by atoms with van der Waals surface area (Å²) in [6, 6.07) is 0. The summed E-state index contributed by atoms with van der Waals surface area (Å²) < 4.78 is 5.11. The van der Waals surface area contributed by atoms with Gasteiger partial charge in [0, 0.05) is 13.1 Å². The van der Waals surface area contributed by atoms with Crippen LogP contribution >= 0.6 is 0 Å². The van der Waals surface area contributed by atoms with E-state index in [0.29, 0.717) is 6.42 Å². The van der Waals surface area contributed by atoms with Gasteiger partial charge in [-0.05, 0) is 33.1 Å². The molecule has 0 spiro atoms. The molecule has 0 radical (unpaired) electrons. The molecule has 0 heterocycles. The SMILES string of the molecule is COC(C)(C)CCCC(=O)[O-]. The molecule has 0 aliphatic carbocycles. The second-order valence-electron chi connectivity index (χ2n) is 3.19. The number of carboxylic acid groups (broad SMARTS) is 1. The lowest BCUT2D eigenvalue weighted by Crippen LogP contribution is -2.25. The first-order valence-corrected chi connectivity index (χ1v) is 3.73. The molecule has 0 N–H and O–H groups in total. The minimum atomic E-state index is -0.989. The van der Waals surface area contributed by atoms with E-state index in [-0.39, 0.29) is 12.0 Å². The molecule has 0 aliphatic rings. The molecule has 0 aliphatic heterocycles. The predicted octanol–water partition coefficient (Wildman–Crippen LogP) is 0.332. The molecule has 3 nitrogen and oxygen atoms in total. The van der Waals surface area contributed by atoms with Gasteiger partial charge in [0.15, 0.2) is 0 Å². The van der Waals surface area contributed by atoms with Gasteiger partial charge in [-0.1, -0.05) is 0 Å². The van der Waals surface area contributed by atoms with E-state index < -0.39 is 5.97 Å². The molecule has 0 atom stereocenters. The highest BCUT2D eigenvalue weighted by Gasteiger charge is 2.14. The summed E-state index contributed by atoms with van der Waals surface area (Å²) in [6.07, 6.45) is 1.48. The number of hydrogen-bond donors (Lipinski definition) is 0. The third-order valence-electron chi connectivity index (χ3n) is 1.71. The fraction of sp³-hybridized carbons (Fsp3) is 0.875. The molecule has 0 rings (SSSR count). The molecule has 0 aromatic carbocycles. The van der Waals surface area contributed by atoms with Gasteiger partial charge >= 0.3 is 0 Å². The Labute approximate surface area is 67.4 Å². The Balaban J connectivity index is 3.45. The third-order valence-corrected chi connectivity index (χ3v) is 1.71. The molecular formula is C8H15O3-. The summed E-state index contributed by atoms with van der Waals surface area (Å²) in [6.45, 7) is 3.87.